The predicted octanol–water partition coefficient (Wildman–Crippen LogP) is 2.80. The Morgan fingerprint density at radius 3 is 2.86 bits per heavy atom. The van der Waals surface area contributed by atoms with Gasteiger partial charge in [-0.05, 0) is 31.4 Å². The molecule has 0 radical (unpaired) electrons. The van der Waals surface area contributed by atoms with Gasteiger partial charge in [-0.15, -0.1) is 0 Å². The number of ether oxygens (including phenoxy) is 1. The minimum atomic E-state index is -1.08. The minimum absolute atomic E-state index is 0.0522. The molecule has 2 N–H and O–H groups in total. The Kier molecular flexibility index (Phi) is 4.67. The van der Waals surface area contributed by atoms with Crippen molar-refractivity contribution in [2.75, 3.05) is 19.0 Å². The third kappa shape index (κ3) is 3.26. The Balaban J connectivity index is 2.21. The van der Waals surface area contributed by atoms with Crippen molar-refractivity contribution in [3.63, 3.8) is 0 Å². The van der Waals surface area contributed by atoms with Crippen LogP contribution in [0.2, 0.25) is 0 Å². The molecule has 6 nitrogen and oxygen atoms in total. The molecule has 1 aromatic carbocycles. The lowest BCUT2D eigenvalue weighted by atomic mass is 10.1. The quantitative estimate of drug-likeness (QED) is 0.894. The molecule has 0 aliphatic carbocycles. The monoisotopic (exact) mass is 292 g/mol. The van der Waals surface area contributed by atoms with E-state index in [4.69, 9.17) is 4.74 Å². The summed E-state index contributed by atoms with van der Waals surface area (Å²) in [4.78, 5) is 25.3. The molecule has 114 valence electrons. The summed E-state index contributed by atoms with van der Waals surface area (Å²) in [5.74, 6) is -0.579. The van der Waals surface area contributed by atoms with Crippen LogP contribution in [0.3, 0.4) is 0 Å². The summed E-state index contributed by atoms with van der Waals surface area (Å²) < 4.78 is 5.08. The summed E-state index contributed by atoms with van der Waals surface area (Å²) >= 11 is 0. The molecule has 0 aromatic heterocycles. The molecule has 1 aliphatic heterocycles. The molecule has 0 saturated carbocycles. The molecular formula is C15H20N2O4. The average Bonchev–Trinajstić information content (AvgIpc) is 2.95. The molecule has 0 spiro atoms. The molecule has 0 bridgehead atoms. The molecule has 2 rings (SSSR count). The van der Waals surface area contributed by atoms with E-state index in [1.165, 1.54) is 19.2 Å². The number of methoxy groups -OCH3 is 1. The first-order valence-corrected chi connectivity index (χ1v) is 7.05. The number of carboxylic acid groups (broad SMARTS) is 1. The van der Waals surface area contributed by atoms with Crippen LogP contribution in [0.15, 0.2) is 18.2 Å². The van der Waals surface area contributed by atoms with Crippen LogP contribution in [-0.4, -0.2) is 41.7 Å². The van der Waals surface area contributed by atoms with Crippen LogP contribution in [0.1, 0.15) is 36.5 Å². The number of rotatable bonds is 4. The summed E-state index contributed by atoms with van der Waals surface area (Å²) in [7, 11) is 1.49. The maximum absolute atomic E-state index is 12.3. The Hall–Kier alpha value is -2.24. The number of anilines is 1. The van der Waals surface area contributed by atoms with E-state index >= 15 is 0 Å². The van der Waals surface area contributed by atoms with E-state index in [2.05, 4.69) is 5.32 Å². The third-order valence-electron chi connectivity index (χ3n) is 3.81. The number of hydrogen-bond acceptors (Lipinski definition) is 3. The Morgan fingerprint density at radius 2 is 2.24 bits per heavy atom. The van der Waals surface area contributed by atoms with Gasteiger partial charge in [-0.1, -0.05) is 6.92 Å². The van der Waals surface area contributed by atoms with E-state index < -0.39 is 5.97 Å². The third-order valence-corrected chi connectivity index (χ3v) is 3.81. The van der Waals surface area contributed by atoms with Crippen LogP contribution < -0.4 is 10.1 Å². The normalized spacial score (nSPS) is 17.6. The summed E-state index contributed by atoms with van der Waals surface area (Å²) in [6.45, 7) is 2.75. The van der Waals surface area contributed by atoms with Crippen molar-refractivity contribution in [2.45, 2.75) is 32.2 Å². The van der Waals surface area contributed by atoms with Gasteiger partial charge in [0.1, 0.15) is 5.75 Å². The number of nitrogens with zero attached hydrogens (tertiary/aromatic N) is 1. The number of urea groups is 1. The van der Waals surface area contributed by atoms with Crippen LogP contribution in [0.25, 0.3) is 0 Å². The second kappa shape index (κ2) is 6.47. The molecule has 1 fully saturated rings. The van der Waals surface area contributed by atoms with Crippen LogP contribution in [0.4, 0.5) is 10.5 Å². The highest BCUT2D eigenvalue weighted by Gasteiger charge is 2.28. The van der Waals surface area contributed by atoms with E-state index in [1.807, 2.05) is 6.92 Å². The van der Waals surface area contributed by atoms with Crippen molar-refractivity contribution in [1.29, 1.82) is 0 Å². The maximum Gasteiger partial charge on any atom is 0.337 e. The van der Waals surface area contributed by atoms with Gasteiger partial charge < -0.3 is 20.1 Å². The van der Waals surface area contributed by atoms with Gasteiger partial charge in [0.15, 0.2) is 0 Å². The van der Waals surface area contributed by atoms with Crippen molar-refractivity contribution in [3.8, 4) is 5.75 Å². The van der Waals surface area contributed by atoms with Crippen LogP contribution in [0, 0.1) is 0 Å². The summed E-state index contributed by atoms with van der Waals surface area (Å²) in [6, 6.07) is 4.49. The molecule has 6 heteroatoms. The summed E-state index contributed by atoms with van der Waals surface area (Å²) in [6.07, 6.45) is 2.88. The number of hydrogen-bond donors (Lipinski definition) is 2. The van der Waals surface area contributed by atoms with Gasteiger partial charge in [0.05, 0.1) is 18.4 Å². The van der Waals surface area contributed by atoms with E-state index in [1.54, 1.807) is 11.0 Å². The van der Waals surface area contributed by atoms with E-state index in [0.717, 1.165) is 19.3 Å². The Bertz CT molecular complexity index is 544. The minimum Gasteiger partial charge on any atom is -0.497 e. The molecule has 1 unspecified atom stereocenters. The molecule has 1 atom stereocenters. The van der Waals surface area contributed by atoms with Crippen molar-refractivity contribution in [3.05, 3.63) is 23.8 Å². The molecule has 1 heterocycles. The molecule has 21 heavy (non-hydrogen) atoms. The molecule has 1 saturated heterocycles. The smallest absolute Gasteiger partial charge is 0.337 e. The number of carbonyl (C=O) groups is 2. The Labute approximate surface area is 123 Å². The fourth-order valence-electron chi connectivity index (χ4n) is 2.65. The van der Waals surface area contributed by atoms with E-state index in [0.29, 0.717) is 12.3 Å². The van der Waals surface area contributed by atoms with Crippen molar-refractivity contribution in [1.82, 2.24) is 4.90 Å². The van der Waals surface area contributed by atoms with Crippen molar-refractivity contribution < 1.29 is 19.4 Å². The number of carboxylic acids is 1. The largest absolute Gasteiger partial charge is 0.497 e. The van der Waals surface area contributed by atoms with Gasteiger partial charge in [-0.2, -0.15) is 0 Å². The SMILES string of the molecule is CCC1CCCN1C(=O)Nc1cc(OC)ccc1C(=O)O. The highest BCUT2D eigenvalue weighted by atomic mass is 16.5. The lowest BCUT2D eigenvalue weighted by Gasteiger charge is -2.24. The molecule has 1 aliphatic rings. The van der Waals surface area contributed by atoms with Crippen molar-refractivity contribution >= 4 is 17.7 Å². The second-order valence-electron chi connectivity index (χ2n) is 5.04. The zero-order valence-corrected chi connectivity index (χ0v) is 12.3. The standard InChI is InChI=1S/C15H20N2O4/c1-3-10-5-4-8-17(10)15(20)16-13-9-11(21-2)6-7-12(13)14(18)19/h6-7,9-10H,3-5,8H2,1-2H3,(H,16,20)(H,18,19). The number of aromatic carboxylic acids is 1. The maximum atomic E-state index is 12.3. The topological polar surface area (TPSA) is 78.9 Å². The van der Waals surface area contributed by atoms with Crippen LogP contribution >= 0.6 is 0 Å². The van der Waals surface area contributed by atoms with Crippen LogP contribution in [-0.2, 0) is 0 Å². The second-order valence-corrected chi connectivity index (χ2v) is 5.04. The molecular weight excluding hydrogens is 272 g/mol. The Morgan fingerprint density at radius 1 is 1.48 bits per heavy atom. The van der Waals surface area contributed by atoms with E-state index in [-0.39, 0.29) is 23.3 Å². The number of benzene rings is 1. The number of likely N-dealkylation sites (tertiary alicyclic amines) is 1. The number of nitrogens with one attached hydrogen (secondary N) is 1. The zero-order valence-electron chi connectivity index (χ0n) is 12.3. The zero-order chi connectivity index (χ0) is 15.4. The van der Waals surface area contributed by atoms with E-state index in [9.17, 15) is 14.7 Å². The van der Waals surface area contributed by atoms with Gasteiger partial charge in [0, 0.05) is 18.7 Å². The molecule has 1 aromatic rings. The van der Waals surface area contributed by atoms with Gasteiger partial charge in [-0.3, -0.25) is 0 Å². The lowest BCUT2D eigenvalue weighted by Crippen LogP contribution is -2.38. The van der Waals surface area contributed by atoms with Gasteiger partial charge in [-0.25, -0.2) is 9.59 Å². The van der Waals surface area contributed by atoms with Gasteiger partial charge >= 0.3 is 12.0 Å². The van der Waals surface area contributed by atoms with Crippen LogP contribution in [0.5, 0.6) is 5.75 Å². The van der Waals surface area contributed by atoms with Gasteiger partial charge in [0.2, 0.25) is 0 Å². The number of carbonyl (C=O) groups excluding carboxylic acids is 1. The first-order valence-electron chi connectivity index (χ1n) is 7.05. The average molecular weight is 292 g/mol. The highest BCUT2D eigenvalue weighted by molar-refractivity contribution is 6.00. The first-order chi connectivity index (χ1) is 10.1. The van der Waals surface area contributed by atoms with Gasteiger partial charge in [0.25, 0.3) is 0 Å². The first kappa shape index (κ1) is 15.2. The summed E-state index contributed by atoms with van der Waals surface area (Å²) in [5, 5.41) is 11.9. The fraction of sp³-hybridized carbons (Fsp3) is 0.467. The fourth-order valence-corrected chi connectivity index (χ4v) is 2.65. The van der Waals surface area contributed by atoms with Crippen molar-refractivity contribution in [2.24, 2.45) is 0 Å². The molecule has 2 amide bonds. The highest BCUT2D eigenvalue weighted by Crippen LogP contribution is 2.25. The number of amides is 2. The summed E-state index contributed by atoms with van der Waals surface area (Å²) in [5.41, 5.74) is 0.310. The predicted molar refractivity (Wildman–Crippen MR) is 79.0 cm³/mol. The lowest BCUT2D eigenvalue weighted by molar-refractivity contribution is 0.0698.